The Bertz CT molecular complexity index is 1280. The van der Waals surface area contributed by atoms with Crippen LogP contribution in [-0.4, -0.2) is 39.9 Å². The van der Waals surface area contributed by atoms with Gasteiger partial charge in [-0.15, -0.1) is 0 Å². The summed E-state index contributed by atoms with van der Waals surface area (Å²) in [5.74, 6) is 0.277. The fourth-order valence-corrected chi connectivity index (χ4v) is 4.01. The average molecular weight is 453 g/mol. The lowest BCUT2D eigenvalue weighted by atomic mass is 10.0. The van der Waals surface area contributed by atoms with E-state index in [9.17, 15) is 10.0 Å². The van der Waals surface area contributed by atoms with Gasteiger partial charge in [-0.05, 0) is 53.6 Å². The molecule has 4 aromatic rings. The predicted molar refractivity (Wildman–Crippen MR) is 131 cm³/mol. The third-order valence-corrected chi connectivity index (χ3v) is 5.75. The molecule has 2 aromatic heterocycles. The Hall–Kier alpha value is -4.36. The SMILES string of the molecule is O=C(NO)c1cccc(N2CC(Oc3ccc(/C=C/c4cccnc4)cc3)C2)c1-n1cccc1. The second-order valence-corrected chi connectivity index (χ2v) is 8.04. The van der Waals surface area contributed by atoms with Gasteiger partial charge in [0.05, 0.1) is 30.0 Å². The number of hydrogen-bond acceptors (Lipinski definition) is 5. The largest absolute Gasteiger partial charge is 0.487 e. The van der Waals surface area contributed by atoms with E-state index in [-0.39, 0.29) is 6.10 Å². The van der Waals surface area contributed by atoms with Crippen molar-refractivity contribution in [2.24, 2.45) is 0 Å². The van der Waals surface area contributed by atoms with E-state index in [2.05, 4.69) is 9.88 Å². The number of para-hydroxylation sites is 1. The number of hydrogen-bond donors (Lipinski definition) is 2. The second-order valence-electron chi connectivity index (χ2n) is 8.04. The van der Waals surface area contributed by atoms with Crippen molar-refractivity contribution in [1.82, 2.24) is 15.0 Å². The molecule has 1 saturated heterocycles. The molecule has 170 valence electrons. The summed E-state index contributed by atoms with van der Waals surface area (Å²) in [5.41, 5.74) is 5.92. The van der Waals surface area contributed by atoms with Gasteiger partial charge in [0.15, 0.2) is 0 Å². The summed E-state index contributed by atoms with van der Waals surface area (Å²) < 4.78 is 8.03. The van der Waals surface area contributed by atoms with Gasteiger partial charge in [0, 0.05) is 24.8 Å². The Kier molecular flexibility index (Phi) is 6.09. The van der Waals surface area contributed by atoms with E-state index < -0.39 is 5.91 Å². The molecule has 1 amide bonds. The van der Waals surface area contributed by atoms with Gasteiger partial charge in [0.2, 0.25) is 0 Å². The number of aromatic nitrogens is 2. The van der Waals surface area contributed by atoms with Gasteiger partial charge < -0.3 is 14.2 Å². The van der Waals surface area contributed by atoms with Crippen LogP contribution in [0.4, 0.5) is 5.69 Å². The number of anilines is 1. The van der Waals surface area contributed by atoms with Crippen molar-refractivity contribution < 1.29 is 14.7 Å². The van der Waals surface area contributed by atoms with E-state index >= 15 is 0 Å². The van der Waals surface area contributed by atoms with Crippen molar-refractivity contribution in [1.29, 1.82) is 0 Å². The molecule has 0 spiro atoms. The Balaban J connectivity index is 1.25. The number of rotatable bonds is 7. The minimum Gasteiger partial charge on any atom is -0.487 e. The standard InChI is InChI=1S/C27H24N4O3/c32-27(29-33)24-6-3-7-25(26(24)30-15-1-2-16-30)31-18-23(19-31)34-22-12-10-20(11-13-22)8-9-21-5-4-14-28-17-21/h1-17,23,33H,18-19H2,(H,29,32)/b9-8+. The lowest BCUT2D eigenvalue weighted by Crippen LogP contribution is -2.54. The molecule has 7 nitrogen and oxygen atoms in total. The molecule has 2 aromatic carbocycles. The predicted octanol–water partition coefficient (Wildman–Crippen LogP) is 4.43. The highest BCUT2D eigenvalue weighted by atomic mass is 16.5. The number of amides is 1. The van der Waals surface area contributed by atoms with E-state index in [0.29, 0.717) is 18.7 Å². The molecule has 1 aliphatic rings. The minimum absolute atomic E-state index is 0.0459. The highest BCUT2D eigenvalue weighted by Crippen LogP contribution is 2.32. The average Bonchev–Trinajstić information content (AvgIpc) is 3.40. The first-order valence-corrected chi connectivity index (χ1v) is 11.0. The zero-order valence-corrected chi connectivity index (χ0v) is 18.4. The zero-order valence-electron chi connectivity index (χ0n) is 18.4. The topological polar surface area (TPSA) is 79.6 Å². The first-order chi connectivity index (χ1) is 16.7. The molecule has 3 heterocycles. The summed E-state index contributed by atoms with van der Waals surface area (Å²) in [6, 6.07) is 21.2. The van der Waals surface area contributed by atoms with Crippen LogP contribution in [0.2, 0.25) is 0 Å². The summed E-state index contributed by atoms with van der Waals surface area (Å²) in [5, 5.41) is 9.18. The smallest absolute Gasteiger partial charge is 0.276 e. The first-order valence-electron chi connectivity index (χ1n) is 11.0. The lowest BCUT2D eigenvalue weighted by Gasteiger charge is -2.41. The fourth-order valence-electron chi connectivity index (χ4n) is 4.01. The van der Waals surface area contributed by atoms with E-state index in [1.807, 2.05) is 96.0 Å². The quantitative estimate of drug-likeness (QED) is 0.320. The van der Waals surface area contributed by atoms with E-state index in [1.54, 1.807) is 17.7 Å². The third-order valence-electron chi connectivity index (χ3n) is 5.75. The van der Waals surface area contributed by atoms with Gasteiger partial charge in [-0.3, -0.25) is 15.0 Å². The van der Waals surface area contributed by atoms with Crippen molar-refractivity contribution in [3.63, 3.8) is 0 Å². The number of carbonyl (C=O) groups is 1. The van der Waals surface area contributed by atoms with Crippen LogP contribution in [0.5, 0.6) is 5.75 Å². The van der Waals surface area contributed by atoms with Crippen LogP contribution >= 0.6 is 0 Å². The number of nitrogens with one attached hydrogen (secondary N) is 1. The summed E-state index contributed by atoms with van der Waals surface area (Å²) in [6.07, 6.45) is 11.5. The van der Waals surface area contributed by atoms with Crippen molar-refractivity contribution >= 4 is 23.7 Å². The summed E-state index contributed by atoms with van der Waals surface area (Å²) >= 11 is 0. The molecule has 2 N–H and O–H groups in total. The van der Waals surface area contributed by atoms with Crippen LogP contribution in [0.1, 0.15) is 21.5 Å². The molecule has 0 bridgehead atoms. The molecule has 5 rings (SSSR count). The summed E-state index contributed by atoms with van der Waals surface area (Å²) in [7, 11) is 0. The molecule has 7 heteroatoms. The molecule has 1 fully saturated rings. The van der Waals surface area contributed by atoms with E-state index in [4.69, 9.17) is 4.74 Å². The summed E-state index contributed by atoms with van der Waals surface area (Å²) in [4.78, 5) is 18.5. The fraction of sp³-hybridized carbons (Fsp3) is 0.111. The Morgan fingerprint density at radius 2 is 1.74 bits per heavy atom. The number of nitrogens with zero attached hydrogens (tertiary/aromatic N) is 3. The van der Waals surface area contributed by atoms with E-state index in [0.717, 1.165) is 28.3 Å². The van der Waals surface area contributed by atoms with Gasteiger partial charge in [-0.1, -0.05) is 36.4 Å². The molecule has 0 saturated carbocycles. The molecule has 0 radical (unpaired) electrons. The Labute approximate surface area is 197 Å². The lowest BCUT2D eigenvalue weighted by molar-refractivity contribution is 0.0706. The molecular weight excluding hydrogens is 428 g/mol. The third kappa shape index (κ3) is 4.55. The van der Waals surface area contributed by atoms with Crippen LogP contribution < -0.4 is 15.1 Å². The van der Waals surface area contributed by atoms with Crippen LogP contribution in [0, 0.1) is 0 Å². The van der Waals surface area contributed by atoms with E-state index in [1.165, 1.54) is 0 Å². The minimum atomic E-state index is -0.545. The highest BCUT2D eigenvalue weighted by molar-refractivity contribution is 5.99. The number of carbonyl (C=O) groups excluding carboxylic acids is 1. The van der Waals surface area contributed by atoms with Crippen molar-refractivity contribution in [3.8, 4) is 11.4 Å². The van der Waals surface area contributed by atoms with Crippen LogP contribution in [0.3, 0.4) is 0 Å². The molecule has 0 atom stereocenters. The monoisotopic (exact) mass is 452 g/mol. The number of ether oxygens (including phenoxy) is 1. The van der Waals surface area contributed by atoms with Gasteiger partial charge in [0.25, 0.3) is 5.91 Å². The second kappa shape index (κ2) is 9.64. The van der Waals surface area contributed by atoms with Crippen LogP contribution in [0.15, 0.2) is 91.5 Å². The van der Waals surface area contributed by atoms with Crippen LogP contribution in [-0.2, 0) is 0 Å². The first kappa shape index (κ1) is 21.5. The Morgan fingerprint density at radius 1 is 0.971 bits per heavy atom. The maximum absolute atomic E-state index is 12.2. The Morgan fingerprint density at radius 3 is 2.44 bits per heavy atom. The number of pyridine rings is 1. The van der Waals surface area contributed by atoms with Crippen LogP contribution in [0.25, 0.3) is 17.8 Å². The van der Waals surface area contributed by atoms with Crippen molar-refractivity contribution in [2.45, 2.75) is 6.10 Å². The molecule has 1 aliphatic heterocycles. The number of hydroxylamine groups is 1. The van der Waals surface area contributed by atoms with Gasteiger partial charge >= 0.3 is 0 Å². The summed E-state index contributed by atoms with van der Waals surface area (Å²) in [6.45, 7) is 1.39. The number of benzene rings is 2. The zero-order chi connectivity index (χ0) is 23.3. The molecule has 0 aliphatic carbocycles. The van der Waals surface area contributed by atoms with Crippen molar-refractivity contribution in [2.75, 3.05) is 18.0 Å². The molecule has 34 heavy (non-hydrogen) atoms. The maximum atomic E-state index is 12.2. The molecule has 0 unspecified atom stereocenters. The van der Waals surface area contributed by atoms with Gasteiger partial charge in [0.1, 0.15) is 11.9 Å². The van der Waals surface area contributed by atoms with Gasteiger partial charge in [-0.25, -0.2) is 5.48 Å². The van der Waals surface area contributed by atoms with Gasteiger partial charge in [-0.2, -0.15) is 0 Å². The van der Waals surface area contributed by atoms with Crippen molar-refractivity contribution in [3.05, 3.63) is 108 Å². The maximum Gasteiger partial charge on any atom is 0.276 e. The normalized spacial score (nSPS) is 13.6. The molecular formula is C27H24N4O3. The highest BCUT2D eigenvalue weighted by Gasteiger charge is 2.31.